The SMILES string of the molecule is CCC1C(=O)NC(=O)CN1S(=O)(=O)N1CCCC(C)C1. The molecule has 2 fully saturated rings. The van der Waals surface area contributed by atoms with Crippen molar-refractivity contribution in [3.05, 3.63) is 0 Å². The van der Waals surface area contributed by atoms with Crippen molar-refractivity contribution >= 4 is 22.0 Å². The second-order valence-electron chi connectivity index (χ2n) is 5.49. The molecule has 20 heavy (non-hydrogen) atoms. The monoisotopic (exact) mass is 303 g/mol. The minimum absolute atomic E-state index is 0.280. The van der Waals surface area contributed by atoms with Crippen molar-refractivity contribution in [2.24, 2.45) is 5.92 Å². The molecule has 0 radical (unpaired) electrons. The van der Waals surface area contributed by atoms with E-state index in [1.165, 1.54) is 4.31 Å². The van der Waals surface area contributed by atoms with Crippen molar-refractivity contribution in [1.82, 2.24) is 13.9 Å². The molecule has 0 spiro atoms. The van der Waals surface area contributed by atoms with E-state index >= 15 is 0 Å². The summed E-state index contributed by atoms with van der Waals surface area (Å²) in [6.45, 7) is 4.37. The van der Waals surface area contributed by atoms with Gasteiger partial charge in [0.2, 0.25) is 11.8 Å². The first kappa shape index (κ1) is 15.4. The maximum atomic E-state index is 12.7. The molecule has 0 aromatic heterocycles. The highest BCUT2D eigenvalue weighted by Gasteiger charge is 2.43. The molecule has 0 saturated carbocycles. The summed E-state index contributed by atoms with van der Waals surface area (Å²) < 4.78 is 27.8. The summed E-state index contributed by atoms with van der Waals surface area (Å²) in [5, 5.41) is 2.19. The van der Waals surface area contributed by atoms with Crippen molar-refractivity contribution in [3.63, 3.8) is 0 Å². The van der Waals surface area contributed by atoms with Crippen LogP contribution in [0.4, 0.5) is 0 Å². The molecule has 7 nitrogen and oxygen atoms in total. The highest BCUT2D eigenvalue weighted by Crippen LogP contribution is 2.23. The number of carbonyl (C=O) groups is 2. The zero-order chi connectivity index (χ0) is 14.9. The summed E-state index contributed by atoms with van der Waals surface area (Å²) in [5.41, 5.74) is 0. The van der Waals surface area contributed by atoms with E-state index in [0.717, 1.165) is 17.1 Å². The van der Waals surface area contributed by atoms with Crippen LogP contribution < -0.4 is 5.32 Å². The highest BCUT2D eigenvalue weighted by molar-refractivity contribution is 7.86. The molecule has 0 aromatic carbocycles. The first-order valence-corrected chi connectivity index (χ1v) is 8.36. The van der Waals surface area contributed by atoms with Crippen LogP contribution in [-0.4, -0.2) is 54.5 Å². The Balaban J connectivity index is 2.26. The van der Waals surface area contributed by atoms with Crippen LogP contribution in [0.15, 0.2) is 0 Å². The molecular weight excluding hydrogens is 282 g/mol. The molecule has 114 valence electrons. The minimum Gasteiger partial charge on any atom is -0.294 e. The fourth-order valence-corrected chi connectivity index (χ4v) is 4.72. The van der Waals surface area contributed by atoms with E-state index in [1.54, 1.807) is 6.92 Å². The number of piperazine rings is 1. The van der Waals surface area contributed by atoms with Crippen LogP contribution >= 0.6 is 0 Å². The van der Waals surface area contributed by atoms with E-state index in [-0.39, 0.29) is 6.54 Å². The number of imide groups is 1. The lowest BCUT2D eigenvalue weighted by Gasteiger charge is -2.38. The predicted octanol–water partition coefficient (Wildman–Crippen LogP) is -0.300. The Kier molecular flexibility index (Phi) is 4.46. The second-order valence-corrected chi connectivity index (χ2v) is 7.38. The molecule has 2 atom stereocenters. The van der Waals surface area contributed by atoms with Gasteiger partial charge in [0.15, 0.2) is 0 Å². The van der Waals surface area contributed by atoms with Gasteiger partial charge in [-0.25, -0.2) is 0 Å². The van der Waals surface area contributed by atoms with Gasteiger partial charge in [0.1, 0.15) is 6.04 Å². The van der Waals surface area contributed by atoms with Crippen LogP contribution in [-0.2, 0) is 19.8 Å². The summed E-state index contributed by atoms with van der Waals surface area (Å²) in [5.74, 6) is -0.793. The van der Waals surface area contributed by atoms with Crippen molar-refractivity contribution in [3.8, 4) is 0 Å². The van der Waals surface area contributed by atoms with Gasteiger partial charge in [-0.15, -0.1) is 0 Å². The van der Waals surface area contributed by atoms with E-state index in [9.17, 15) is 18.0 Å². The number of hydrogen-bond donors (Lipinski definition) is 1. The minimum atomic E-state index is -3.76. The van der Waals surface area contributed by atoms with E-state index in [1.807, 2.05) is 6.92 Å². The van der Waals surface area contributed by atoms with Gasteiger partial charge in [0.05, 0.1) is 6.54 Å². The molecular formula is C12H21N3O4S. The lowest BCUT2D eigenvalue weighted by atomic mass is 10.0. The molecule has 2 aliphatic heterocycles. The topological polar surface area (TPSA) is 86.8 Å². The van der Waals surface area contributed by atoms with Crippen LogP contribution in [0.25, 0.3) is 0 Å². The molecule has 2 heterocycles. The van der Waals surface area contributed by atoms with Gasteiger partial charge in [-0.2, -0.15) is 17.0 Å². The molecule has 0 bridgehead atoms. The Morgan fingerprint density at radius 1 is 1.35 bits per heavy atom. The van der Waals surface area contributed by atoms with Crippen LogP contribution in [0, 0.1) is 5.92 Å². The average Bonchev–Trinajstić information content (AvgIpc) is 2.38. The molecule has 8 heteroatoms. The van der Waals surface area contributed by atoms with Crippen molar-refractivity contribution < 1.29 is 18.0 Å². The molecule has 1 N–H and O–H groups in total. The molecule has 2 saturated heterocycles. The Labute approximate surface area is 119 Å². The van der Waals surface area contributed by atoms with Gasteiger partial charge in [-0.05, 0) is 25.2 Å². The Morgan fingerprint density at radius 2 is 2.05 bits per heavy atom. The zero-order valence-corrected chi connectivity index (χ0v) is 12.6. The number of amides is 2. The van der Waals surface area contributed by atoms with E-state index in [0.29, 0.717) is 25.4 Å². The molecule has 2 unspecified atom stereocenters. The summed E-state index contributed by atoms with van der Waals surface area (Å²) in [4.78, 5) is 23.3. The summed E-state index contributed by atoms with van der Waals surface area (Å²) in [6.07, 6.45) is 2.16. The highest BCUT2D eigenvalue weighted by atomic mass is 32.2. The zero-order valence-electron chi connectivity index (χ0n) is 11.8. The van der Waals surface area contributed by atoms with Gasteiger partial charge < -0.3 is 0 Å². The lowest BCUT2D eigenvalue weighted by Crippen LogP contribution is -2.62. The molecule has 2 aliphatic rings. The summed E-state index contributed by atoms with van der Waals surface area (Å²) in [6, 6.07) is -0.796. The number of rotatable bonds is 3. The van der Waals surface area contributed by atoms with Gasteiger partial charge >= 0.3 is 0 Å². The largest absolute Gasteiger partial charge is 0.294 e. The smallest absolute Gasteiger partial charge is 0.283 e. The quantitative estimate of drug-likeness (QED) is 0.725. The van der Waals surface area contributed by atoms with Gasteiger partial charge in [-0.3, -0.25) is 14.9 Å². The summed E-state index contributed by atoms with van der Waals surface area (Å²) >= 11 is 0. The van der Waals surface area contributed by atoms with Crippen molar-refractivity contribution in [2.45, 2.75) is 39.2 Å². The number of piperidine rings is 1. The lowest BCUT2D eigenvalue weighted by molar-refractivity contribution is -0.137. The molecule has 2 amide bonds. The first-order chi connectivity index (χ1) is 9.36. The third-order valence-electron chi connectivity index (χ3n) is 3.84. The predicted molar refractivity (Wildman–Crippen MR) is 72.8 cm³/mol. The third-order valence-corrected chi connectivity index (χ3v) is 5.80. The van der Waals surface area contributed by atoms with Gasteiger partial charge in [0, 0.05) is 13.1 Å². The average molecular weight is 303 g/mol. The van der Waals surface area contributed by atoms with E-state index in [2.05, 4.69) is 5.32 Å². The molecule has 2 rings (SSSR count). The second kappa shape index (κ2) is 5.79. The number of nitrogens with one attached hydrogen (secondary N) is 1. The molecule has 0 aromatic rings. The number of hydrogen-bond acceptors (Lipinski definition) is 4. The standard InChI is InChI=1S/C12H21N3O4S/c1-3-10-12(17)13-11(16)8-15(10)20(18,19)14-6-4-5-9(2)7-14/h9-10H,3-8H2,1-2H3,(H,13,16,17). The summed E-state index contributed by atoms with van der Waals surface area (Å²) in [7, 11) is -3.76. The Morgan fingerprint density at radius 3 is 2.65 bits per heavy atom. The number of carbonyl (C=O) groups excluding carboxylic acids is 2. The first-order valence-electron chi connectivity index (χ1n) is 6.97. The Bertz CT molecular complexity index is 505. The maximum absolute atomic E-state index is 12.7. The Hall–Kier alpha value is -0.990. The maximum Gasteiger partial charge on any atom is 0.283 e. The fourth-order valence-electron chi connectivity index (χ4n) is 2.78. The third kappa shape index (κ3) is 2.87. The van der Waals surface area contributed by atoms with Crippen LogP contribution in [0.2, 0.25) is 0 Å². The molecule has 0 aliphatic carbocycles. The van der Waals surface area contributed by atoms with Crippen LogP contribution in [0.3, 0.4) is 0 Å². The van der Waals surface area contributed by atoms with E-state index < -0.39 is 28.1 Å². The van der Waals surface area contributed by atoms with Crippen molar-refractivity contribution in [1.29, 1.82) is 0 Å². The van der Waals surface area contributed by atoms with E-state index in [4.69, 9.17) is 0 Å². The van der Waals surface area contributed by atoms with Crippen LogP contribution in [0.5, 0.6) is 0 Å². The van der Waals surface area contributed by atoms with Crippen molar-refractivity contribution in [2.75, 3.05) is 19.6 Å². The van der Waals surface area contributed by atoms with Gasteiger partial charge in [-0.1, -0.05) is 13.8 Å². The normalized spacial score (nSPS) is 30.3. The van der Waals surface area contributed by atoms with Gasteiger partial charge in [0.25, 0.3) is 10.2 Å². The van der Waals surface area contributed by atoms with Crippen LogP contribution in [0.1, 0.15) is 33.1 Å². The fraction of sp³-hybridized carbons (Fsp3) is 0.833. The number of nitrogens with zero attached hydrogens (tertiary/aromatic N) is 2.